The quantitative estimate of drug-likeness (QED) is 0.884. The maximum Gasteiger partial charge on any atom is 0.250 e. The number of benzene rings is 1. The number of quaternary nitrogens is 1. The van der Waals surface area contributed by atoms with Gasteiger partial charge in [-0.1, -0.05) is 35.3 Å². The van der Waals surface area contributed by atoms with E-state index in [0.29, 0.717) is 21.9 Å². The Kier molecular flexibility index (Phi) is 3.96. The molecule has 3 atom stereocenters. The minimum Gasteiger partial charge on any atom is -0.330 e. The highest BCUT2D eigenvalue weighted by Gasteiger charge is 2.37. The van der Waals surface area contributed by atoms with Gasteiger partial charge in [-0.3, -0.25) is 4.79 Å². The van der Waals surface area contributed by atoms with E-state index in [1.54, 1.807) is 11.0 Å². The fourth-order valence-corrected chi connectivity index (χ4v) is 4.52. The number of piperidine rings is 1. The van der Waals surface area contributed by atoms with E-state index in [9.17, 15) is 4.79 Å². The maximum absolute atomic E-state index is 12.1. The summed E-state index contributed by atoms with van der Waals surface area (Å²) in [7, 11) is 0. The van der Waals surface area contributed by atoms with Crippen molar-refractivity contribution in [1.29, 1.82) is 0 Å². The Balaban J connectivity index is 1.56. The summed E-state index contributed by atoms with van der Waals surface area (Å²) in [6.07, 6.45) is 1.20. The van der Waals surface area contributed by atoms with E-state index in [1.165, 1.54) is 17.7 Å². The third-order valence-corrected chi connectivity index (χ3v) is 5.85. The van der Waals surface area contributed by atoms with E-state index in [2.05, 4.69) is 12.1 Å². The second-order valence-corrected chi connectivity index (χ2v) is 7.60. The van der Waals surface area contributed by atoms with Gasteiger partial charge in [-0.25, -0.2) is 0 Å². The first kappa shape index (κ1) is 15.3. The van der Waals surface area contributed by atoms with E-state index >= 15 is 0 Å². The van der Waals surface area contributed by atoms with Gasteiger partial charge in [0.15, 0.2) is 0 Å². The van der Waals surface area contributed by atoms with Crippen LogP contribution >= 0.6 is 23.2 Å². The Bertz CT molecular complexity index is 802. The van der Waals surface area contributed by atoms with Crippen LogP contribution in [0.4, 0.5) is 0 Å². The van der Waals surface area contributed by atoms with Gasteiger partial charge in [-0.05, 0) is 24.6 Å². The normalized spacial score (nSPS) is 25.9. The van der Waals surface area contributed by atoms with Crippen LogP contribution < -0.4 is 10.5 Å². The molecule has 2 aliphatic rings. The Labute approximate surface area is 145 Å². The molecular weight excluding hydrogens is 331 g/mol. The Morgan fingerprint density at radius 2 is 2.00 bits per heavy atom. The van der Waals surface area contributed by atoms with Crippen molar-refractivity contribution < 1.29 is 4.90 Å². The number of pyridine rings is 1. The van der Waals surface area contributed by atoms with Gasteiger partial charge in [0.25, 0.3) is 5.56 Å². The minimum atomic E-state index is 0.144. The van der Waals surface area contributed by atoms with Crippen molar-refractivity contribution >= 4 is 23.2 Å². The lowest BCUT2D eigenvalue weighted by Crippen LogP contribution is -3.13. The van der Waals surface area contributed by atoms with Crippen molar-refractivity contribution in [1.82, 2.24) is 4.57 Å². The zero-order chi connectivity index (χ0) is 16.0. The van der Waals surface area contributed by atoms with Crippen LogP contribution in [0.2, 0.25) is 10.0 Å². The molecule has 1 aromatic carbocycles. The zero-order valence-electron chi connectivity index (χ0n) is 12.8. The average Bonchev–Trinajstić information content (AvgIpc) is 2.52. The Morgan fingerprint density at radius 3 is 2.83 bits per heavy atom. The highest BCUT2D eigenvalue weighted by molar-refractivity contribution is 6.42. The van der Waals surface area contributed by atoms with Gasteiger partial charge in [0, 0.05) is 35.7 Å². The van der Waals surface area contributed by atoms with Crippen LogP contribution in [0.15, 0.2) is 41.2 Å². The number of fused-ring (bicyclic) bond motifs is 4. The van der Waals surface area contributed by atoms with Crippen LogP contribution in [0.3, 0.4) is 0 Å². The number of nitrogens with zero attached hydrogens (tertiary/aromatic N) is 1. The molecular formula is C18H19Cl2N2O+. The second kappa shape index (κ2) is 5.97. The van der Waals surface area contributed by atoms with Crippen LogP contribution in [0.25, 0.3) is 0 Å². The lowest BCUT2D eigenvalue weighted by molar-refractivity contribution is -0.924. The smallest absolute Gasteiger partial charge is 0.250 e. The molecule has 0 amide bonds. The van der Waals surface area contributed by atoms with Gasteiger partial charge < -0.3 is 9.47 Å². The summed E-state index contributed by atoms with van der Waals surface area (Å²) in [6, 6.07) is 11.6. The minimum absolute atomic E-state index is 0.144. The van der Waals surface area contributed by atoms with Crippen LogP contribution in [0.1, 0.15) is 23.6 Å². The molecule has 120 valence electrons. The summed E-state index contributed by atoms with van der Waals surface area (Å²) < 4.78 is 1.98. The Morgan fingerprint density at radius 1 is 1.13 bits per heavy atom. The molecule has 3 nitrogen and oxygen atoms in total. The van der Waals surface area contributed by atoms with Crippen molar-refractivity contribution in [2.45, 2.75) is 25.4 Å². The molecule has 3 heterocycles. The predicted molar refractivity (Wildman–Crippen MR) is 92.4 cm³/mol. The highest BCUT2D eigenvalue weighted by atomic mass is 35.5. The van der Waals surface area contributed by atoms with Gasteiger partial charge in [0.1, 0.15) is 6.54 Å². The van der Waals surface area contributed by atoms with Crippen LogP contribution in [-0.2, 0) is 13.1 Å². The molecule has 0 aliphatic carbocycles. The number of hydrogen-bond donors (Lipinski definition) is 1. The summed E-state index contributed by atoms with van der Waals surface area (Å²) in [5.74, 6) is 1.06. The number of likely N-dealkylation sites (tertiary alicyclic amines) is 1. The first-order valence-electron chi connectivity index (χ1n) is 8.07. The van der Waals surface area contributed by atoms with Gasteiger partial charge in [-0.15, -0.1) is 0 Å². The molecule has 0 radical (unpaired) electrons. The van der Waals surface area contributed by atoms with Crippen molar-refractivity contribution in [3.63, 3.8) is 0 Å². The third-order valence-electron chi connectivity index (χ3n) is 5.11. The Hall–Kier alpha value is -1.29. The van der Waals surface area contributed by atoms with Crippen molar-refractivity contribution in [3.05, 3.63) is 68.1 Å². The van der Waals surface area contributed by atoms with E-state index in [1.807, 2.05) is 22.8 Å². The molecule has 23 heavy (non-hydrogen) atoms. The summed E-state index contributed by atoms with van der Waals surface area (Å²) >= 11 is 12.1. The molecule has 2 bridgehead atoms. The third kappa shape index (κ3) is 2.93. The molecule has 2 aromatic rings. The standard InChI is InChI=1S/C18H18Cl2N2O/c19-15-5-4-12(7-16(15)20)8-21-9-13-6-14(11-21)17-2-1-3-18(23)22(17)10-13/h1-5,7,13-14H,6,8-11H2/p+1/t13-,14?/m1/s1. The molecule has 1 fully saturated rings. The number of nitrogens with one attached hydrogen (secondary N) is 1. The van der Waals surface area contributed by atoms with Crippen molar-refractivity contribution in [3.8, 4) is 0 Å². The van der Waals surface area contributed by atoms with Crippen LogP contribution in [0.5, 0.6) is 0 Å². The molecule has 2 unspecified atom stereocenters. The van der Waals surface area contributed by atoms with E-state index < -0.39 is 0 Å². The molecule has 1 saturated heterocycles. The fourth-order valence-electron chi connectivity index (χ4n) is 4.20. The number of halogens is 2. The predicted octanol–water partition coefficient (Wildman–Crippen LogP) is 2.36. The second-order valence-electron chi connectivity index (χ2n) is 6.78. The summed E-state index contributed by atoms with van der Waals surface area (Å²) in [4.78, 5) is 13.6. The lowest BCUT2D eigenvalue weighted by Gasteiger charge is -2.40. The number of aromatic nitrogens is 1. The highest BCUT2D eigenvalue weighted by Crippen LogP contribution is 2.30. The van der Waals surface area contributed by atoms with Gasteiger partial charge >= 0.3 is 0 Å². The fraction of sp³-hybridized carbons (Fsp3) is 0.389. The monoisotopic (exact) mass is 349 g/mol. The van der Waals surface area contributed by atoms with Crippen LogP contribution in [-0.4, -0.2) is 17.7 Å². The average molecular weight is 350 g/mol. The first-order chi connectivity index (χ1) is 11.1. The molecule has 1 N–H and O–H groups in total. The topological polar surface area (TPSA) is 26.4 Å². The molecule has 5 heteroatoms. The van der Waals surface area contributed by atoms with Crippen molar-refractivity contribution in [2.75, 3.05) is 13.1 Å². The maximum atomic E-state index is 12.1. The van der Waals surface area contributed by atoms with Gasteiger partial charge in [0.2, 0.25) is 0 Å². The van der Waals surface area contributed by atoms with E-state index in [4.69, 9.17) is 23.2 Å². The van der Waals surface area contributed by atoms with Crippen LogP contribution in [0, 0.1) is 5.92 Å². The lowest BCUT2D eigenvalue weighted by atomic mass is 9.83. The molecule has 2 aliphatic heterocycles. The largest absolute Gasteiger partial charge is 0.330 e. The molecule has 4 rings (SSSR count). The number of rotatable bonds is 2. The SMILES string of the molecule is O=c1cccc2n1C[C@@H]1CC2C[NH+](Cc2ccc(Cl)c(Cl)c2)C1. The van der Waals surface area contributed by atoms with E-state index in [0.717, 1.165) is 26.2 Å². The summed E-state index contributed by atoms with van der Waals surface area (Å²) in [5.41, 5.74) is 2.57. The number of hydrogen-bond acceptors (Lipinski definition) is 1. The molecule has 0 spiro atoms. The zero-order valence-corrected chi connectivity index (χ0v) is 14.3. The summed E-state index contributed by atoms with van der Waals surface area (Å²) in [5, 5.41) is 1.23. The van der Waals surface area contributed by atoms with E-state index in [-0.39, 0.29) is 5.56 Å². The van der Waals surface area contributed by atoms with Gasteiger partial charge in [-0.2, -0.15) is 0 Å². The molecule has 1 aromatic heterocycles. The molecule has 0 saturated carbocycles. The van der Waals surface area contributed by atoms with Gasteiger partial charge in [0.05, 0.1) is 23.1 Å². The summed E-state index contributed by atoms with van der Waals surface area (Å²) in [6.45, 7) is 4.00. The van der Waals surface area contributed by atoms with Crippen molar-refractivity contribution in [2.24, 2.45) is 5.92 Å². The first-order valence-corrected chi connectivity index (χ1v) is 8.83.